The van der Waals surface area contributed by atoms with Crippen LogP contribution in [0.25, 0.3) is 0 Å². The Hall–Kier alpha value is -1.16. The van der Waals surface area contributed by atoms with Crippen molar-refractivity contribution in [1.82, 2.24) is 0 Å². The van der Waals surface area contributed by atoms with Gasteiger partial charge in [-0.15, -0.1) is 11.8 Å². The molecule has 1 aromatic rings. The van der Waals surface area contributed by atoms with Gasteiger partial charge in [-0.2, -0.15) is 0 Å². The molecule has 1 aliphatic rings. The fourth-order valence-corrected chi connectivity index (χ4v) is 3.16. The van der Waals surface area contributed by atoms with Crippen LogP contribution >= 0.6 is 11.8 Å². The number of aliphatic carboxylic acids is 1. The van der Waals surface area contributed by atoms with Gasteiger partial charge in [0.25, 0.3) is 0 Å². The lowest BCUT2D eigenvalue weighted by Gasteiger charge is -2.15. The van der Waals surface area contributed by atoms with Gasteiger partial charge in [-0.3, -0.25) is 4.79 Å². The maximum absolute atomic E-state index is 10.8. The second-order valence-corrected chi connectivity index (χ2v) is 5.14. The zero-order chi connectivity index (χ0) is 11.5. The topological polar surface area (TPSA) is 57.5 Å². The van der Waals surface area contributed by atoms with E-state index in [4.69, 9.17) is 5.11 Å². The molecule has 0 bridgehead atoms. The molecule has 1 atom stereocenters. The molecule has 0 aromatic heterocycles. The summed E-state index contributed by atoms with van der Waals surface area (Å²) in [5.41, 5.74) is 0.991. The first-order valence-electron chi connectivity index (χ1n) is 5.34. The normalized spacial score (nSPS) is 19.9. The number of thioether (sulfide) groups is 1. The Balaban J connectivity index is 2.34. The van der Waals surface area contributed by atoms with Crippen LogP contribution in [0.4, 0.5) is 0 Å². The first kappa shape index (κ1) is 11.3. The largest absolute Gasteiger partial charge is 0.508 e. The minimum absolute atomic E-state index is 0.0367. The number of hydrogen-bond acceptors (Lipinski definition) is 3. The number of carbonyl (C=O) groups is 1. The Morgan fingerprint density at radius 2 is 2.31 bits per heavy atom. The summed E-state index contributed by atoms with van der Waals surface area (Å²) in [6, 6.07) is 5.26. The molecule has 4 heteroatoms. The number of fused-ring (bicyclic) bond motifs is 1. The van der Waals surface area contributed by atoms with E-state index in [0.29, 0.717) is 0 Å². The van der Waals surface area contributed by atoms with Gasteiger partial charge in [0.05, 0.1) is 6.42 Å². The van der Waals surface area contributed by atoms with Crippen molar-refractivity contribution in [3.63, 3.8) is 0 Å². The molecule has 0 amide bonds. The van der Waals surface area contributed by atoms with Crippen LogP contribution in [0.2, 0.25) is 0 Å². The molecular formula is C12H14O3S. The van der Waals surface area contributed by atoms with Gasteiger partial charge in [-0.05, 0) is 48.3 Å². The van der Waals surface area contributed by atoms with Crippen molar-refractivity contribution >= 4 is 17.7 Å². The third kappa shape index (κ3) is 2.50. The zero-order valence-corrected chi connectivity index (χ0v) is 9.67. The second kappa shape index (κ2) is 4.78. The Labute approximate surface area is 98.5 Å². The van der Waals surface area contributed by atoms with Crippen molar-refractivity contribution in [2.24, 2.45) is 0 Å². The van der Waals surface area contributed by atoms with E-state index in [0.717, 1.165) is 29.1 Å². The van der Waals surface area contributed by atoms with Crippen LogP contribution in [-0.2, 0) is 4.79 Å². The average molecular weight is 238 g/mol. The zero-order valence-electron chi connectivity index (χ0n) is 8.85. The molecular weight excluding hydrogens is 224 g/mol. The van der Waals surface area contributed by atoms with Crippen molar-refractivity contribution in [3.05, 3.63) is 23.8 Å². The van der Waals surface area contributed by atoms with Gasteiger partial charge in [0.2, 0.25) is 0 Å². The fraction of sp³-hybridized carbons (Fsp3) is 0.417. The highest BCUT2D eigenvalue weighted by Crippen LogP contribution is 2.39. The van der Waals surface area contributed by atoms with Crippen LogP contribution in [0.15, 0.2) is 23.1 Å². The predicted molar refractivity (Wildman–Crippen MR) is 63.1 cm³/mol. The number of phenols is 1. The summed E-state index contributed by atoms with van der Waals surface area (Å²) in [6.45, 7) is 0. The third-order valence-corrected chi connectivity index (χ3v) is 3.98. The van der Waals surface area contributed by atoms with Gasteiger partial charge in [-0.1, -0.05) is 0 Å². The number of aromatic hydroxyl groups is 1. The Morgan fingerprint density at radius 3 is 3.06 bits per heavy atom. The Bertz CT molecular complexity index is 403. The van der Waals surface area contributed by atoms with Crippen molar-refractivity contribution in [2.75, 3.05) is 5.75 Å². The Kier molecular flexibility index (Phi) is 3.39. The highest BCUT2D eigenvalue weighted by molar-refractivity contribution is 7.99. The summed E-state index contributed by atoms with van der Waals surface area (Å²) in [7, 11) is 0. The monoisotopic (exact) mass is 238 g/mol. The molecule has 0 spiro atoms. The van der Waals surface area contributed by atoms with Gasteiger partial charge in [0.15, 0.2) is 0 Å². The molecule has 2 rings (SSSR count). The quantitative estimate of drug-likeness (QED) is 0.831. The summed E-state index contributed by atoms with van der Waals surface area (Å²) in [5.74, 6) is 0.505. The minimum atomic E-state index is -0.772. The third-order valence-electron chi connectivity index (χ3n) is 2.81. The average Bonchev–Trinajstić information content (AvgIpc) is 2.41. The van der Waals surface area contributed by atoms with Crippen LogP contribution in [0.5, 0.6) is 5.75 Å². The summed E-state index contributed by atoms with van der Waals surface area (Å²) >= 11 is 1.75. The lowest BCUT2D eigenvalue weighted by Crippen LogP contribution is -2.06. The van der Waals surface area contributed by atoms with E-state index in [2.05, 4.69) is 0 Å². The van der Waals surface area contributed by atoms with E-state index >= 15 is 0 Å². The van der Waals surface area contributed by atoms with Gasteiger partial charge >= 0.3 is 5.97 Å². The van der Waals surface area contributed by atoms with Crippen molar-refractivity contribution < 1.29 is 15.0 Å². The molecule has 0 fully saturated rings. The van der Waals surface area contributed by atoms with Gasteiger partial charge in [0, 0.05) is 4.90 Å². The number of carboxylic acids is 1. The molecule has 3 nitrogen and oxygen atoms in total. The van der Waals surface area contributed by atoms with E-state index in [-0.39, 0.29) is 18.1 Å². The maximum atomic E-state index is 10.8. The molecule has 1 aliphatic heterocycles. The Morgan fingerprint density at radius 1 is 1.50 bits per heavy atom. The van der Waals surface area contributed by atoms with E-state index < -0.39 is 5.97 Å². The van der Waals surface area contributed by atoms with Crippen molar-refractivity contribution in [2.45, 2.75) is 30.1 Å². The van der Waals surface area contributed by atoms with Crippen LogP contribution in [-0.4, -0.2) is 21.9 Å². The summed E-state index contributed by atoms with van der Waals surface area (Å²) in [5, 5.41) is 18.4. The van der Waals surface area contributed by atoms with Gasteiger partial charge in [-0.25, -0.2) is 0 Å². The van der Waals surface area contributed by atoms with E-state index in [9.17, 15) is 9.90 Å². The number of phenolic OH excluding ortho intramolecular Hbond substituents is 1. The number of rotatable bonds is 2. The highest BCUT2D eigenvalue weighted by Gasteiger charge is 2.21. The lowest BCUT2D eigenvalue weighted by atomic mass is 9.91. The molecule has 0 saturated heterocycles. The molecule has 0 aliphatic carbocycles. The predicted octanol–water partition coefficient (Wildman–Crippen LogP) is 2.84. The molecule has 1 heterocycles. The number of carboxylic acid groups (broad SMARTS) is 1. The molecule has 0 radical (unpaired) electrons. The standard InChI is InChI=1S/C12H14O3S/c13-9-3-4-11-10(7-9)8(6-12(14)15)2-1-5-16-11/h3-4,7-8,13H,1-2,5-6H2,(H,14,15). The maximum Gasteiger partial charge on any atom is 0.303 e. The fourth-order valence-electron chi connectivity index (χ4n) is 2.08. The first-order valence-corrected chi connectivity index (χ1v) is 6.33. The van der Waals surface area contributed by atoms with Crippen LogP contribution in [0.3, 0.4) is 0 Å². The minimum Gasteiger partial charge on any atom is -0.508 e. The SMILES string of the molecule is O=C(O)CC1CCCSc2ccc(O)cc21. The van der Waals surface area contributed by atoms with Crippen LogP contribution < -0.4 is 0 Å². The second-order valence-electron chi connectivity index (χ2n) is 4.01. The van der Waals surface area contributed by atoms with Gasteiger partial charge < -0.3 is 10.2 Å². The number of benzene rings is 1. The summed E-state index contributed by atoms with van der Waals surface area (Å²) < 4.78 is 0. The summed E-state index contributed by atoms with van der Waals surface area (Å²) in [6.07, 6.45) is 2.06. The first-order chi connectivity index (χ1) is 7.66. The molecule has 86 valence electrons. The van der Waals surface area contributed by atoms with Crippen LogP contribution in [0.1, 0.15) is 30.7 Å². The van der Waals surface area contributed by atoms with E-state index in [1.165, 1.54) is 0 Å². The van der Waals surface area contributed by atoms with E-state index in [1.54, 1.807) is 23.9 Å². The van der Waals surface area contributed by atoms with Gasteiger partial charge in [0.1, 0.15) is 5.75 Å². The smallest absolute Gasteiger partial charge is 0.303 e. The molecule has 16 heavy (non-hydrogen) atoms. The molecule has 1 aromatic carbocycles. The summed E-state index contributed by atoms with van der Waals surface area (Å²) in [4.78, 5) is 11.9. The lowest BCUT2D eigenvalue weighted by molar-refractivity contribution is -0.137. The van der Waals surface area contributed by atoms with E-state index in [1.807, 2.05) is 6.07 Å². The van der Waals surface area contributed by atoms with Crippen molar-refractivity contribution in [3.8, 4) is 5.75 Å². The van der Waals surface area contributed by atoms with Crippen molar-refractivity contribution in [1.29, 1.82) is 0 Å². The highest BCUT2D eigenvalue weighted by atomic mass is 32.2. The van der Waals surface area contributed by atoms with Crippen LogP contribution in [0, 0.1) is 0 Å². The molecule has 2 N–H and O–H groups in total. The molecule has 1 unspecified atom stereocenters. The number of hydrogen-bond donors (Lipinski definition) is 2. The molecule has 0 saturated carbocycles.